The third-order valence-electron chi connectivity index (χ3n) is 1.60. The molecule has 0 unspecified atom stereocenters. The number of hydrogen-bond donors (Lipinski definition) is 0. The van der Waals surface area contributed by atoms with Crippen molar-refractivity contribution in [3.05, 3.63) is 56.5 Å². The average Bonchev–Trinajstić information content (AvgIpc) is 2.21. The van der Waals surface area contributed by atoms with Gasteiger partial charge in [0, 0.05) is 12.4 Å². The van der Waals surface area contributed by atoms with Crippen LogP contribution in [0.2, 0.25) is 0 Å². The number of nitrogens with zero attached hydrogens (tertiary/aromatic N) is 2. The van der Waals surface area contributed by atoms with E-state index in [-0.39, 0.29) is 28.5 Å². The Labute approximate surface area is 98.7 Å². The molecule has 14 heavy (non-hydrogen) atoms. The van der Waals surface area contributed by atoms with Crippen molar-refractivity contribution in [2.75, 3.05) is 0 Å². The fraction of sp³-hybridized carbons (Fsp3) is 0. The standard InChI is InChI=1S/C10H7N2.CH3.W/c1-2-4-9(5-3-1)10-6-11-8-12-7-10;;/h1-2,4-8H;1H3;/q2*-1;+2. The molecule has 2 aromatic rings. The Hall–Kier alpha value is -1.01. The van der Waals surface area contributed by atoms with Gasteiger partial charge in [-0.2, -0.15) is 30.3 Å². The molecule has 0 N–H and O–H groups in total. The topological polar surface area (TPSA) is 25.8 Å². The SMILES string of the molecule is [CH3-].[W+2].[c-]1cccc(-c2cncnc2)c1. The smallest absolute Gasteiger partial charge is 0.358 e. The summed E-state index contributed by atoms with van der Waals surface area (Å²) in [7, 11) is 0. The Kier molecular flexibility index (Phi) is 5.98. The molecular formula is C11H10N2W. The van der Waals surface area contributed by atoms with E-state index in [4.69, 9.17) is 0 Å². The van der Waals surface area contributed by atoms with Gasteiger partial charge in [0.15, 0.2) is 0 Å². The number of benzene rings is 1. The molecule has 0 spiro atoms. The molecule has 1 aromatic carbocycles. The number of hydrogen-bond acceptors (Lipinski definition) is 2. The molecular weight excluding hydrogens is 344 g/mol. The molecule has 1 heterocycles. The number of aromatic nitrogens is 2. The van der Waals surface area contributed by atoms with Crippen LogP contribution in [0.3, 0.4) is 0 Å². The van der Waals surface area contributed by atoms with Crippen molar-refractivity contribution in [3.8, 4) is 11.1 Å². The van der Waals surface area contributed by atoms with E-state index in [1.54, 1.807) is 12.4 Å². The maximum absolute atomic E-state index is 3.94. The largest absolute Gasteiger partial charge is 2.00 e. The number of rotatable bonds is 1. The Balaban J connectivity index is 0.000000845. The van der Waals surface area contributed by atoms with Crippen LogP contribution >= 0.6 is 0 Å². The van der Waals surface area contributed by atoms with Crippen LogP contribution in [0.4, 0.5) is 0 Å². The van der Waals surface area contributed by atoms with Gasteiger partial charge in [-0.15, -0.1) is 5.56 Å². The minimum Gasteiger partial charge on any atom is -0.358 e. The van der Waals surface area contributed by atoms with Gasteiger partial charge in [-0.25, -0.2) is 9.97 Å². The van der Waals surface area contributed by atoms with Crippen LogP contribution in [-0.4, -0.2) is 9.97 Å². The first-order chi connectivity index (χ1) is 5.97. The van der Waals surface area contributed by atoms with Crippen LogP contribution in [0.25, 0.3) is 11.1 Å². The van der Waals surface area contributed by atoms with Crippen molar-refractivity contribution in [2.24, 2.45) is 0 Å². The first kappa shape index (κ1) is 13.0. The first-order valence-electron chi connectivity index (χ1n) is 3.68. The van der Waals surface area contributed by atoms with Crippen molar-refractivity contribution >= 4 is 0 Å². The maximum Gasteiger partial charge on any atom is 2.00 e. The molecule has 0 aliphatic heterocycles. The van der Waals surface area contributed by atoms with Gasteiger partial charge in [-0.05, 0) is 5.56 Å². The van der Waals surface area contributed by atoms with Crippen molar-refractivity contribution in [2.45, 2.75) is 0 Å². The van der Waals surface area contributed by atoms with Crippen LogP contribution in [0.1, 0.15) is 0 Å². The maximum atomic E-state index is 3.94. The molecule has 0 saturated carbocycles. The molecule has 0 atom stereocenters. The van der Waals surface area contributed by atoms with Gasteiger partial charge in [-0.1, -0.05) is 0 Å². The second-order valence-corrected chi connectivity index (χ2v) is 2.42. The van der Waals surface area contributed by atoms with Gasteiger partial charge in [0.05, 0.1) is 0 Å². The predicted molar refractivity (Wildman–Crippen MR) is 52.7 cm³/mol. The molecule has 2 rings (SSSR count). The third kappa shape index (κ3) is 3.04. The van der Waals surface area contributed by atoms with Gasteiger partial charge >= 0.3 is 21.1 Å². The van der Waals surface area contributed by atoms with E-state index in [9.17, 15) is 0 Å². The van der Waals surface area contributed by atoms with Crippen molar-refractivity contribution in [1.29, 1.82) is 0 Å². The van der Waals surface area contributed by atoms with Crippen LogP contribution in [0, 0.1) is 13.5 Å². The molecule has 0 fully saturated rings. The molecule has 0 aliphatic rings. The van der Waals surface area contributed by atoms with E-state index < -0.39 is 0 Å². The molecule has 0 saturated heterocycles. The Morgan fingerprint density at radius 1 is 1.07 bits per heavy atom. The van der Waals surface area contributed by atoms with E-state index in [0.717, 1.165) is 11.1 Å². The molecule has 0 bridgehead atoms. The average molecular weight is 354 g/mol. The summed E-state index contributed by atoms with van der Waals surface area (Å²) in [4.78, 5) is 7.87. The normalized spacial score (nSPS) is 8.29. The molecule has 0 radical (unpaired) electrons. The first-order valence-corrected chi connectivity index (χ1v) is 3.68. The van der Waals surface area contributed by atoms with Crippen molar-refractivity contribution < 1.29 is 21.1 Å². The summed E-state index contributed by atoms with van der Waals surface area (Å²) in [5.41, 5.74) is 2.12. The van der Waals surface area contributed by atoms with Gasteiger partial charge in [0.25, 0.3) is 0 Å². The summed E-state index contributed by atoms with van der Waals surface area (Å²) in [6.07, 6.45) is 5.10. The van der Waals surface area contributed by atoms with Gasteiger partial charge in [-0.3, -0.25) is 0 Å². The van der Waals surface area contributed by atoms with Crippen molar-refractivity contribution in [3.63, 3.8) is 0 Å². The monoisotopic (exact) mass is 354 g/mol. The fourth-order valence-electron chi connectivity index (χ4n) is 1.02. The molecule has 0 amide bonds. The van der Waals surface area contributed by atoms with Crippen LogP contribution in [0.15, 0.2) is 43.0 Å². The van der Waals surface area contributed by atoms with Crippen molar-refractivity contribution in [1.82, 2.24) is 9.97 Å². The van der Waals surface area contributed by atoms with Crippen LogP contribution in [0.5, 0.6) is 0 Å². The van der Waals surface area contributed by atoms with Gasteiger partial charge in [0.1, 0.15) is 6.33 Å². The Morgan fingerprint density at radius 2 is 1.79 bits per heavy atom. The summed E-state index contributed by atoms with van der Waals surface area (Å²) < 4.78 is 0. The van der Waals surface area contributed by atoms with Gasteiger partial charge in [0.2, 0.25) is 0 Å². The molecule has 3 heteroatoms. The van der Waals surface area contributed by atoms with E-state index in [2.05, 4.69) is 16.0 Å². The summed E-state index contributed by atoms with van der Waals surface area (Å²) in [6, 6.07) is 10.7. The zero-order valence-corrected chi connectivity index (χ0v) is 10.8. The van der Waals surface area contributed by atoms with Crippen LogP contribution < -0.4 is 0 Å². The van der Waals surface area contributed by atoms with Gasteiger partial charge < -0.3 is 7.43 Å². The van der Waals surface area contributed by atoms with E-state index in [1.807, 2.05) is 24.3 Å². The fourth-order valence-corrected chi connectivity index (χ4v) is 1.02. The Morgan fingerprint density at radius 3 is 2.36 bits per heavy atom. The molecule has 70 valence electrons. The summed E-state index contributed by atoms with van der Waals surface area (Å²) >= 11 is 0. The quantitative estimate of drug-likeness (QED) is 0.736. The van der Waals surface area contributed by atoms with Crippen LogP contribution in [-0.2, 0) is 21.1 Å². The summed E-state index contributed by atoms with van der Waals surface area (Å²) in [6.45, 7) is 0. The second-order valence-electron chi connectivity index (χ2n) is 2.42. The molecule has 0 aliphatic carbocycles. The summed E-state index contributed by atoms with van der Waals surface area (Å²) in [5.74, 6) is 0. The van der Waals surface area contributed by atoms with E-state index >= 15 is 0 Å². The predicted octanol–water partition coefficient (Wildman–Crippen LogP) is 2.39. The second kappa shape index (κ2) is 6.44. The third-order valence-corrected chi connectivity index (χ3v) is 1.60. The molecule has 1 aromatic heterocycles. The minimum absolute atomic E-state index is 0. The zero-order chi connectivity index (χ0) is 8.23. The Bertz CT molecular complexity index is 311. The summed E-state index contributed by atoms with van der Waals surface area (Å²) in [5, 5.41) is 0. The molecule has 2 nitrogen and oxygen atoms in total. The minimum atomic E-state index is 0. The van der Waals surface area contributed by atoms with E-state index in [0.29, 0.717) is 0 Å². The van der Waals surface area contributed by atoms with E-state index in [1.165, 1.54) is 6.33 Å². The zero-order valence-electron chi connectivity index (χ0n) is 7.84.